The van der Waals surface area contributed by atoms with Gasteiger partial charge < -0.3 is 15.2 Å². The summed E-state index contributed by atoms with van der Waals surface area (Å²) >= 11 is 0. The molecule has 0 amide bonds. The molecule has 76 valence electrons. The molecule has 1 aliphatic carbocycles. The summed E-state index contributed by atoms with van der Waals surface area (Å²) in [5.41, 5.74) is -0.460. The van der Waals surface area contributed by atoms with Gasteiger partial charge in [-0.1, -0.05) is 0 Å². The predicted molar refractivity (Wildman–Crippen MR) is 50.6 cm³/mol. The molecule has 2 N–H and O–H groups in total. The average molecular weight is 185 g/mol. The van der Waals surface area contributed by atoms with Crippen LogP contribution in [0.25, 0.3) is 0 Å². The van der Waals surface area contributed by atoms with Gasteiger partial charge in [0.15, 0.2) is 0 Å². The van der Waals surface area contributed by atoms with E-state index in [2.05, 4.69) is 5.32 Å². The first-order chi connectivity index (χ1) is 6.18. The van der Waals surface area contributed by atoms with Crippen LogP contribution in [0.4, 0.5) is 0 Å². The maximum absolute atomic E-state index is 9.81. The van der Waals surface area contributed by atoms with Crippen molar-refractivity contribution in [3.05, 3.63) is 0 Å². The minimum atomic E-state index is -0.460. The van der Waals surface area contributed by atoms with Gasteiger partial charge in [0.2, 0.25) is 0 Å². The Labute approximate surface area is 79.5 Å². The lowest BCUT2D eigenvalue weighted by Gasteiger charge is -2.45. The molecule has 1 saturated carbocycles. The van der Waals surface area contributed by atoms with Crippen LogP contribution in [0.2, 0.25) is 0 Å². The van der Waals surface area contributed by atoms with E-state index in [0.29, 0.717) is 12.1 Å². The van der Waals surface area contributed by atoms with Gasteiger partial charge in [0.25, 0.3) is 0 Å². The van der Waals surface area contributed by atoms with Crippen LogP contribution in [0.15, 0.2) is 0 Å². The highest BCUT2D eigenvalue weighted by molar-refractivity contribution is 4.99. The van der Waals surface area contributed by atoms with Crippen molar-refractivity contribution in [1.29, 1.82) is 0 Å². The third-order valence-corrected chi connectivity index (χ3v) is 3.35. The first kappa shape index (κ1) is 9.44. The van der Waals surface area contributed by atoms with Crippen LogP contribution in [0, 0.1) is 0 Å². The van der Waals surface area contributed by atoms with Gasteiger partial charge in [-0.15, -0.1) is 0 Å². The normalized spacial score (nSPS) is 41.5. The van der Waals surface area contributed by atoms with E-state index in [1.165, 1.54) is 0 Å². The van der Waals surface area contributed by atoms with Crippen LogP contribution in [0.3, 0.4) is 0 Å². The van der Waals surface area contributed by atoms with Crippen LogP contribution in [-0.4, -0.2) is 36.0 Å². The van der Waals surface area contributed by atoms with Crippen LogP contribution in [0.1, 0.15) is 32.6 Å². The van der Waals surface area contributed by atoms with E-state index in [4.69, 9.17) is 4.74 Å². The zero-order valence-electron chi connectivity index (χ0n) is 8.25. The molecule has 0 aromatic rings. The Balaban J connectivity index is 1.77. The minimum absolute atomic E-state index is 0.315. The zero-order valence-corrected chi connectivity index (χ0v) is 8.25. The van der Waals surface area contributed by atoms with Gasteiger partial charge >= 0.3 is 0 Å². The fourth-order valence-corrected chi connectivity index (χ4v) is 2.12. The van der Waals surface area contributed by atoms with Gasteiger partial charge in [-0.2, -0.15) is 0 Å². The van der Waals surface area contributed by atoms with Crippen molar-refractivity contribution in [1.82, 2.24) is 5.32 Å². The topological polar surface area (TPSA) is 41.5 Å². The molecule has 2 fully saturated rings. The van der Waals surface area contributed by atoms with E-state index >= 15 is 0 Å². The van der Waals surface area contributed by atoms with Crippen molar-refractivity contribution in [2.75, 3.05) is 13.2 Å². The molecular weight excluding hydrogens is 166 g/mol. The lowest BCUT2D eigenvalue weighted by molar-refractivity contribution is -0.0608. The molecule has 2 aliphatic rings. The Hall–Kier alpha value is -0.120. The molecule has 2 atom stereocenters. The standard InChI is InChI=1S/C10H19NO2/c1-10(12)5-2-9(10)11-8-3-6-13-7-4-8/h8-9,11-12H,2-7H2,1H3/t9-,10-/m0/s1. The van der Waals surface area contributed by atoms with Crippen LogP contribution in [-0.2, 0) is 4.74 Å². The van der Waals surface area contributed by atoms with Crippen LogP contribution in [0.5, 0.6) is 0 Å². The van der Waals surface area contributed by atoms with Gasteiger partial charge in [0.1, 0.15) is 0 Å². The van der Waals surface area contributed by atoms with E-state index in [9.17, 15) is 5.11 Å². The summed E-state index contributed by atoms with van der Waals surface area (Å²) in [7, 11) is 0. The van der Waals surface area contributed by atoms with Crippen molar-refractivity contribution >= 4 is 0 Å². The monoisotopic (exact) mass is 185 g/mol. The lowest BCUT2D eigenvalue weighted by Crippen LogP contribution is -2.60. The Kier molecular flexibility index (Phi) is 2.58. The van der Waals surface area contributed by atoms with E-state index in [1.807, 2.05) is 6.92 Å². The van der Waals surface area contributed by atoms with Gasteiger partial charge in [-0.3, -0.25) is 0 Å². The molecule has 0 bridgehead atoms. The Morgan fingerprint density at radius 3 is 2.46 bits per heavy atom. The second kappa shape index (κ2) is 3.56. The molecule has 1 saturated heterocycles. The number of ether oxygens (including phenoxy) is 1. The molecule has 3 heteroatoms. The van der Waals surface area contributed by atoms with Crippen molar-refractivity contribution in [3.8, 4) is 0 Å². The number of nitrogens with one attached hydrogen (secondary N) is 1. The zero-order chi connectivity index (χ0) is 9.31. The lowest BCUT2D eigenvalue weighted by atomic mass is 9.76. The summed E-state index contributed by atoms with van der Waals surface area (Å²) in [4.78, 5) is 0. The van der Waals surface area contributed by atoms with Crippen molar-refractivity contribution in [2.24, 2.45) is 0 Å². The molecule has 13 heavy (non-hydrogen) atoms. The maximum atomic E-state index is 9.81. The van der Waals surface area contributed by atoms with E-state index in [0.717, 1.165) is 38.9 Å². The summed E-state index contributed by atoms with van der Waals surface area (Å²) in [5, 5.41) is 13.3. The van der Waals surface area contributed by atoms with E-state index in [1.54, 1.807) is 0 Å². The first-order valence-electron chi connectivity index (χ1n) is 5.25. The molecular formula is C10H19NO2. The third kappa shape index (κ3) is 2.03. The van der Waals surface area contributed by atoms with Crippen LogP contribution >= 0.6 is 0 Å². The molecule has 0 spiro atoms. The largest absolute Gasteiger partial charge is 0.389 e. The van der Waals surface area contributed by atoms with Gasteiger partial charge in [-0.05, 0) is 32.6 Å². The first-order valence-corrected chi connectivity index (χ1v) is 5.25. The predicted octanol–water partition coefficient (Wildman–Crippen LogP) is 0.668. The fourth-order valence-electron chi connectivity index (χ4n) is 2.12. The molecule has 0 aromatic heterocycles. The number of rotatable bonds is 2. The van der Waals surface area contributed by atoms with Crippen molar-refractivity contribution in [3.63, 3.8) is 0 Å². The number of aliphatic hydroxyl groups is 1. The Morgan fingerprint density at radius 1 is 1.31 bits per heavy atom. The molecule has 1 heterocycles. The molecule has 2 rings (SSSR count). The molecule has 1 aliphatic heterocycles. The Morgan fingerprint density at radius 2 is 2.00 bits per heavy atom. The quantitative estimate of drug-likeness (QED) is 0.664. The number of hydrogen-bond donors (Lipinski definition) is 2. The fraction of sp³-hybridized carbons (Fsp3) is 1.00. The third-order valence-electron chi connectivity index (χ3n) is 3.35. The van der Waals surface area contributed by atoms with Crippen LogP contribution < -0.4 is 5.32 Å². The molecule has 0 aromatic carbocycles. The highest BCUT2D eigenvalue weighted by Gasteiger charge is 2.41. The van der Waals surface area contributed by atoms with Crippen molar-refractivity contribution in [2.45, 2.75) is 50.3 Å². The molecule has 0 radical (unpaired) electrons. The highest BCUT2D eigenvalue weighted by Crippen LogP contribution is 2.32. The smallest absolute Gasteiger partial charge is 0.0772 e. The number of hydrogen-bond acceptors (Lipinski definition) is 3. The molecule has 0 unspecified atom stereocenters. The summed E-state index contributed by atoms with van der Waals surface area (Å²) in [6.07, 6.45) is 4.23. The summed E-state index contributed by atoms with van der Waals surface area (Å²) in [5.74, 6) is 0. The molecule has 3 nitrogen and oxygen atoms in total. The summed E-state index contributed by atoms with van der Waals surface area (Å²) in [6, 6.07) is 0.876. The second-order valence-corrected chi connectivity index (χ2v) is 4.50. The highest BCUT2D eigenvalue weighted by atomic mass is 16.5. The maximum Gasteiger partial charge on any atom is 0.0772 e. The Bertz CT molecular complexity index is 176. The van der Waals surface area contributed by atoms with Gasteiger partial charge in [0, 0.05) is 25.3 Å². The van der Waals surface area contributed by atoms with Crippen molar-refractivity contribution < 1.29 is 9.84 Å². The van der Waals surface area contributed by atoms with Gasteiger partial charge in [-0.25, -0.2) is 0 Å². The van der Waals surface area contributed by atoms with E-state index < -0.39 is 5.60 Å². The summed E-state index contributed by atoms with van der Waals surface area (Å²) < 4.78 is 5.28. The second-order valence-electron chi connectivity index (χ2n) is 4.50. The minimum Gasteiger partial charge on any atom is -0.389 e. The SMILES string of the molecule is C[C@]1(O)CC[C@@H]1NC1CCOCC1. The summed E-state index contributed by atoms with van der Waals surface area (Å²) in [6.45, 7) is 3.66. The van der Waals surface area contributed by atoms with E-state index in [-0.39, 0.29) is 0 Å². The average Bonchev–Trinajstić information content (AvgIpc) is 2.15. The van der Waals surface area contributed by atoms with Gasteiger partial charge in [0.05, 0.1) is 5.60 Å².